The van der Waals surface area contributed by atoms with Crippen LogP contribution in [0.5, 0.6) is 0 Å². The van der Waals surface area contributed by atoms with Crippen LogP contribution in [0.2, 0.25) is 0 Å². The third-order valence-corrected chi connectivity index (χ3v) is 2.31. The molecule has 1 aromatic heterocycles. The van der Waals surface area contributed by atoms with Crippen LogP contribution in [0.3, 0.4) is 0 Å². The summed E-state index contributed by atoms with van der Waals surface area (Å²) in [7, 11) is -3.53. The molecule has 0 aliphatic rings. The predicted molar refractivity (Wildman–Crippen MR) is 52.6 cm³/mol. The topological polar surface area (TPSA) is 90.0 Å². The van der Waals surface area contributed by atoms with E-state index >= 15 is 0 Å². The number of nitrogens with two attached hydrogens (primary N) is 1. The first-order valence-electron chi connectivity index (χ1n) is 4.31. The van der Waals surface area contributed by atoms with Crippen molar-refractivity contribution in [3.63, 3.8) is 0 Å². The van der Waals surface area contributed by atoms with Gasteiger partial charge in [0.2, 0.25) is 0 Å². The monoisotopic (exact) mass is 218 g/mol. The average molecular weight is 218 g/mol. The number of nitrogens with zero attached hydrogens (tertiary/aromatic N) is 2. The Morgan fingerprint density at radius 1 is 1.43 bits per heavy atom. The largest absolute Gasteiger partial charge is 0.337 e. The maximum Gasteiger partial charge on any atom is 0.274 e. The van der Waals surface area contributed by atoms with Gasteiger partial charge in [0.05, 0.1) is 6.33 Å². The van der Waals surface area contributed by atoms with Crippen LogP contribution >= 0.6 is 0 Å². The Labute approximate surface area is 83.3 Å². The van der Waals surface area contributed by atoms with Crippen LogP contribution in [0.15, 0.2) is 18.7 Å². The maximum atomic E-state index is 10.5. The van der Waals surface area contributed by atoms with Crippen LogP contribution < -0.4 is 9.86 Å². The number of unbranched alkanes of at least 4 members (excludes halogenated alkanes) is 1. The standard InChI is InChI=1S/C7H14N4O2S/c8-14(12,13)10-3-1-2-5-11-6-4-9-7-11/h4,6-7,10H,1-3,5H2,(H2,8,12,13). The fourth-order valence-electron chi connectivity index (χ4n) is 1.05. The molecule has 3 N–H and O–H groups in total. The zero-order chi connectivity index (χ0) is 10.4. The van der Waals surface area contributed by atoms with Gasteiger partial charge in [-0.15, -0.1) is 0 Å². The first-order valence-corrected chi connectivity index (χ1v) is 5.86. The van der Waals surface area contributed by atoms with Crippen molar-refractivity contribution in [2.24, 2.45) is 5.14 Å². The predicted octanol–water partition coefficient (Wildman–Crippen LogP) is -0.544. The van der Waals surface area contributed by atoms with E-state index in [9.17, 15) is 8.42 Å². The summed E-state index contributed by atoms with van der Waals surface area (Å²) in [6.45, 7) is 1.22. The summed E-state index contributed by atoms with van der Waals surface area (Å²) < 4.78 is 25.1. The van der Waals surface area contributed by atoms with Crippen LogP contribution in [-0.4, -0.2) is 24.5 Å². The Hall–Kier alpha value is -0.920. The van der Waals surface area contributed by atoms with Crippen molar-refractivity contribution in [3.8, 4) is 0 Å². The summed E-state index contributed by atoms with van der Waals surface area (Å²) in [6.07, 6.45) is 6.95. The van der Waals surface area contributed by atoms with Crippen molar-refractivity contribution in [3.05, 3.63) is 18.7 Å². The van der Waals surface area contributed by atoms with Gasteiger partial charge in [-0.25, -0.2) is 14.8 Å². The average Bonchev–Trinajstić information content (AvgIpc) is 2.54. The second kappa shape index (κ2) is 5.08. The van der Waals surface area contributed by atoms with Gasteiger partial charge in [-0.1, -0.05) is 0 Å². The van der Waals surface area contributed by atoms with Crippen LogP contribution in [-0.2, 0) is 16.8 Å². The maximum absolute atomic E-state index is 10.5. The molecule has 0 amide bonds. The SMILES string of the molecule is NS(=O)(=O)NCCCCn1ccnc1. The van der Waals surface area contributed by atoms with Crippen molar-refractivity contribution in [1.29, 1.82) is 0 Å². The second-order valence-corrected chi connectivity index (χ2v) is 4.33. The number of aromatic nitrogens is 2. The van der Waals surface area contributed by atoms with E-state index < -0.39 is 10.2 Å². The van der Waals surface area contributed by atoms with Gasteiger partial charge < -0.3 is 4.57 Å². The highest BCUT2D eigenvalue weighted by molar-refractivity contribution is 7.87. The molecule has 0 radical (unpaired) electrons. The third-order valence-electron chi connectivity index (χ3n) is 1.71. The van der Waals surface area contributed by atoms with E-state index in [4.69, 9.17) is 5.14 Å². The highest BCUT2D eigenvalue weighted by Gasteiger charge is 1.98. The van der Waals surface area contributed by atoms with Gasteiger partial charge in [-0.3, -0.25) is 0 Å². The van der Waals surface area contributed by atoms with E-state index in [0.29, 0.717) is 6.54 Å². The molecular formula is C7H14N4O2S. The first kappa shape index (κ1) is 11.2. The third kappa shape index (κ3) is 4.95. The Kier molecular flexibility index (Phi) is 4.05. The summed E-state index contributed by atoms with van der Waals surface area (Å²) in [5, 5.41) is 4.76. The van der Waals surface area contributed by atoms with Crippen molar-refractivity contribution in [1.82, 2.24) is 14.3 Å². The Balaban J connectivity index is 2.06. The lowest BCUT2D eigenvalue weighted by Crippen LogP contribution is -2.31. The number of imidazole rings is 1. The molecular weight excluding hydrogens is 204 g/mol. The Morgan fingerprint density at radius 2 is 2.21 bits per heavy atom. The molecule has 0 aromatic carbocycles. The minimum atomic E-state index is -3.53. The van der Waals surface area contributed by atoms with Gasteiger partial charge in [-0.05, 0) is 12.8 Å². The zero-order valence-corrected chi connectivity index (χ0v) is 8.57. The lowest BCUT2D eigenvalue weighted by atomic mass is 10.3. The molecule has 80 valence electrons. The number of rotatable bonds is 6. The van der Waals surface area contributed by atoms with Gasteiger partial charge in [0.15, 0.2) is 0 Å². The molecule has 0 spiro atoms. The van der Waals surface area contributed by atoms with Gasteiger partial charge in [0.1, 0.15) is 0 Å². The van der Waals surface area contributed by atoms with Crippen LogP contribution in [0.1, 0.15) is 12.8 Å². The summed E-state index contributed by atoms with van der Waals surface area (Å²) >= 11 is 0. The first-order chi connectivity index (χ1) is 6.58. The molecule has 0 saturated heterocycles. The highest BCUT2D eigenvalue weighted by atomic mass is 32.2. The minimum absolute atomic E-state index is 0.382. The molecule has 0 aliphatic heterocycles. The van der Waals surface area contributed by atoms with Gasteiger partial charge >= 0.3 is 0 Å². The summed E-state index contributed by atoms with van der Waals surface area (Å²) in [5.41, 5.74) is 0. The molecule has 0 unspecified atom stereocenters. The van der Waals surface area contributed by atoms with E-state index in [1.807, 2.05) is 10.8 Å². The van der Waals surface area contributed by atoms with E-state index in [1.165, 1.54) is 0 Å². The molecule has 1 rings (SSSR count). The van der Waals surface area contributed by atoms with Gasteiger partial charge in [0, 0.05) is 25.5 Å². The lowest BCUT2D eigenvalue weighted by molar-refractivity contribution is 0.567. The molecule has 0 atom stereocenters. The van der Waals surface area contributed by atoms with E-state index in [2.05, 4.69) is 9.71 Å². The van der Waals surface area contributed by atoms with Gasteiger partial charge in [-0.2, -0.15) is 8.42 Å². The van der Waals surface area contributed by atoms with E-state index in [0.717, 1.165) is 19.4 Å². The summed E-state index contributed by atoms with van der Waals surface area (Å²) in [4.78, 5) is 3.89. The molecule has 1 heterocycles. The normalized spacial score (nSPS) is 11.8. The molecule has 0 bridgehead atoms. The van der Waals surface area contributed by atoms with Crippen LogP contribution in [0.25, 0.3) is 0 Å². The summed E-state index contributed by atoms with van der Waals surface area (Å²) in [6, 6.07) is 0. The van der Waals surface area contributed by atoms with E-state index in [1.54, 1.807) is 12.5 Å². The number of hydrogen-bond acceptors (Lipinski definition) is 3. The zero-order valence-electron chi connectivity index (χ0n) is 7.76. The number of nitrogens with one attached hydrogen (secondary N) is 1. The molecule has 1 aromatic rings. The fourth-order valence-corrected chi connectivity index (χ4v) is 1.48. The van der Waals surface area contributed by atoms with E-state index in [-0.39, 0.29) is 0 Å². The summed E-state index contributed by atoms with van der Waals surface area (Å²) in [5.74, 6) is 0. The van der Waals surface area contributed by atoms with Crippen molar-refractivity contribution >= 4 is 10.2 Å². The second-order valence-electron chi connectivity index (χ2n) is 2.95. The minimum Gasteiger partial charge on any atom is -0.337 e. The number of aryl methyl sites for hydroxylation is 1. The molecule has 0 saturated carbocycles. The molecule has 6 nitrogen and oxygen atoms in total. The fraction of sp³-hybridized carbons (Fsp3) is 0.571. The van der Waals surface area contributed by atoms with Crippen molar-refractivity contribution in [2.45, 2.75) is 19.4 Å². The lowest BCUT2D eigenvalue weighted by Gasteiger charge is -2.02. The highest BCUT2D eigenvalue weighted by Crippen LogP contribution is 1.93. The van der Waals surface area contributed by atoms with Crippen molar-refractivity contribution in [2.75, 3.05) is 6.54 Å². The Morgan fingerprint density at radius 3 is 2.79 bits per heavy atom. The van der Waals surface area contributed by atoms with Crippen LogP contribution in [0, 0.1) is 0 Å². The Bertz CT molecular complexity index is 346. The molecule has 0 fully saturated rings. The molecule has 7 heteroatoms. The molecule has 0 aliphatic carbocycles. The smallest absolute Gasteiger partial charge is 0.274 e. The van der Waals surface area contributed by atoms with Gasteiger partial charge in [0.25, 0.3) is 10.2 Å². The quantitative estimate of drug-likeness (QED) is 0.628. The van der Waals surface area contributed by atoms with Crippen LogP contribution in [0.4, 0.5) is 0 Å². The molecule has 14 heavy (non-hydrogen) atoms. The number of hydrogen-bond donors (Lipinski definition) is 2. The van der Waals surface area contributed by atoms with Crippen molar-refractivity contribution < 1.29 is 8.42 Å².